The van der Waals surface area contributed by atoms with Crippen LogP contribution in [0.15, 0.2) is 0 Å². The average molecular weight is 92.0 g/mol. The molecule has 0 aliphatic heterocycles. The first-order chi connectivity index (χ1) is 2.83. The maximum atomic E-state index is 8.00. The Hall–Kier alpha value is -1.38. The molecule has 0 unspecified atom stereocenters. The predicted octanol–water partition coefficient (Wildman–Crippen LogP) is -0.827. The van der Waals surface area contributed by atoms with Crippen LogP contribution in [0.2, 0.25) is 0 Å². The fourth-order valence-electron chi connectivity index (χ4n) is 0. The monoisotopic (exact) mass is 92.0 g/mol. The first kappa shape index (κ1) is 8.82. The maximum Gasteiger partial charge on any atom is 0.569 e. The third kappa shape index (κ3) is 3.61. The van der Waals surface area contributed by atoms with Gasteiger partial charge in [0.15, 0.2) is 0 Å². The highest BCUT2D eigenvalue weighted by Gasteiger charge is 1.41. The molecule has 0 heterocycles. The highest BCUT2D eigenvalue weighted by molar-refractivity contribution is 3.93. The second-order valence-electron chi connectivity index (χ2n) is 0.149. The van der Waals surface area contributed by atoms with Gasteiger partial charge in [-0.25, -0.2) is 0 Å². The number of nitroso groups, excluding NO2 is 4. The van der Waals surface area contributed by atoms with Crippen molar-refractivity contribution in [3.63, 3.8) is 0 Å². The van der Waals surface area contributed by atoms with Crippen LogP contribution < -0.4 is 10.1 Å². The molecule has 0 aliphatic rings. The molecule has 32 valence electrons. The molecule has 6 nitrogen and oxygen atoms in total. The van der Waals surface area contributed by atoms with Crippen LogP contribution >= 0.6 is 0 Å². The summed E-state index contributed by atoms with van der Waals surface area (Å²) in [5.41, 5.74) is 0. The first-order valence-corrected chi connectivity index (χ1v) is 0.730. The normalized spacial score (nSPS) is 2.67. The Morgan fingerprint density at radius 2 is 0.667 bits per heavy atom. The van der Waals surface area contributed by atoms with E-state index in [9.17, 15) is 0 Å². The van der Waals surface area contributed by atoms with Crippen molar-refractivity contribution in [1.82, 2.24) is 10.1 Å². The molecule has 0 aromatic carbocycles. The van der Waals surface area contributed by atoms with E-state index in [4.69, 9.17) is 19.6 Å². The third-order valence-electron chi connectivity index (χ3n) is 0. The minimum Gasteiger partial charge on any atom is 0.215 e. The molecule has 6 heavy (non-hydrogen) atoms. The van der Waals surface area contributed by atoms with Crippen LogP contribution in [-0.2, 0) is 0 Å². The fraction of sp³-hybridized carbons (Fsp3) is 0. The van der Waals surface area contributed by atoms with E-state index in [0.29, 0.717) is 0 Å². The smallest absolute Gasteiger partial charge is 0.215 e. The van der Waals surface area contributed by atoms with Crippen molar-refractivity contribution in [2.24, 2.45) is 0 Å². The van der Waals surface area contributed by atoms with Gasteiger partial charge in [0.05, 0.1) is 0 Å². The van der Waals surface area contributed by atoms with Gasteiger partial charge < -0.3 is 0 Å². The summed E-state index contributed by atoms with van der Waals surface area (Å²) in [6.07, 6.45) is 0. The highest BCUT2D eigenvalue weighted by Crippen LogP contribution is 0.813. The van der Waals surface area contributed by atoms with Crippen LogP contribution in [0.3, 0.4) is 0 Å². The summed E-state index contributed by atoms with van der Waals surface area (Å²) in [7, 11) is 0. The predicted molar refractivity (Wildman–Crippen MR) is 17.7 cm³/mol. The quantitative estimate of drug-likeness (QED) is 0.364. The highest BCUT2D eigenvalue weighted by atomic mass is 16.4. The summed E-state index contributed by atoms with van der Waals surface area (Å²) in [5, 5.41) is 2.00. The van der Waals surface area contributed by atoms with Gasteiger partial charge in [-0.05, 0) is 0 Å². The van der Waals surface area contributed by atoms with E-state index < -0.39 is 0 Å². The van der Waals surface area contributed by atoms with Gasteiger partial charge in [-0.2, -0.15) is 0 Å². The standard InChI is InChI=1S/2NO2/c2*2-1-3/q2*+1. The van der Waals surface area contributed by atoms with E-state index in [2.05, 4.69) is 0 Å². The summed E-state index contributed by atoms with van der Waals surface area (Å²) in [6, 6.07) is 0. The van der Waals surface area contributed by atoms with Crippen molar-refractivity contribution in [2.75, 3.05) is 0 Å². The first-order valence-electron chi connectivity index (χ1n) is 0.730. The number of hydrogen-bond donors (Lipinski definition) is 0. The van der Waals surface area contributed by atoms with E-state index >= 15 is 0 Å². The zero-order valence-corrected chi connectivity index (χ0v) is 2.53. The van der Waals surface area contributed by atoms with E-state index in [1.165, 1.54) is 0 Å². The van der Waals surface area contributed by atoms with Crippen LogP contribution in [0, 0.1) is 19.6 Å². The Morgan fingerprint density at radius 1 is 0.667 bits per heavy atom. The lowest BCUT2D eigenvalue weighted by atomic mass is 13.6. The Labute approximate surface area is 31.1 Å². The third-order valence-corrected chi connectivity index (χ3v) is 0. The van der Waals surface area contributed by atoms with Gasteiger partial charge in [-0.1, -0.05) is 0 Å². The molecule has 0 radical (unpaired) electrons. The van der Waals surface area contributed by atoms with E-state index in [-0.39, 0.29) is 0 Å². The molecule has 0 N–H and O–H groups in total. The Kier molecular flexibility index (Phi) is 95.0. The van der Waals surface area contributed by atoms with Gasteiger partial charge >= 0.3 is 10.1 Å². The Morgan fingerprint density at radius 3 is 0.667 bits per heavy atom. The minimum absolute atomic E-state index is 1.00. The van der Waals surface area contributed by atoms with Gasteiger partial charge in [-0.15, -0.1) is 0 Å². The summed E-state index contributed by atoms with van der Waals surface area (Å²) >= 11 is 0. The summed E-state index contributed by atoms with van der Waals surface area (Å²) in [6.45, 7) is 0. The molecular formula is N2O4+2. The van der Waals surface area contributed by atoms with Gasteiger partial charge in [0, 0.05) is 0 Å². The van der Waals surface area contributed by atoms with Crippen LogP contribution in [0.1, 0.15) is 0 Å². The molecule has 0 aromatic rings. The lowest BCUT2D eigenvalue weighted by Gasteiger charge is -0.623. The van der Waals surface area contributed by atoms with Crippen LogP contribution in [0.25, 0.3) is 0 Å². The Balaban J connectivity index is 0. The van der Waals surface area contributed by atoms with Crippen LogP contribution in [-0.4, -0.2) is 0 Å². The maximum absolute atomic E-state index is 8.00. The Bertz CT molecular complexity index is 59.5. The molecule has 0 atom stereocenters. The molecular weight excluding hydrogens is 92.0 g/mol. The molecule has 0 aliphatic carbocycles. The zero-order chi connectivity index (χ0) is 5.41. The molecule has 0 amide bonds. The van der Waals surface area contributed by atoms with Gasteiger partial charge in [0.2, 0.25) is 19.6 Å². The molecule has 0 saturated carbocycles. The molecule has 0 rings (SSSR count). The van der Waals surface area contributed by atoms with E-state index in [1.54, 1.807) is 0 Å². The van der Waals surface area contributed by atoms with Gasteiger partial charge in [0.25, 0.3) is 0 Å². The molecule has 0 bridgehead atoms. The largest absolute Gasteiger partial charge is 0.569 e. The van der Waals surface area contributed by atoms with Gasteiger partial charge in [-0.3, -0.25) is 0 Å². The summed E-state index contributed by atoms with van der Waals surface area (Å²) < 4.78 is 0. The molecule has 0 fully saturated rings. The van der Waals surface area contributed by atoms with Crippen molar-refractivity contribution in [2.45, 2.75) is 0 Å². The lowest BCUT2D eigenvalue weighted by molar-refractivity contribution is 1.58. The number of rotatable bonds is 0. The van der Waals surface area contributed by atoms with Crippen molar-refractivity contribution < 1.29 is 0 Å². The SMILES string of the molecule is O=[N+]=O.O=[N+]=O. The second kappa shape index (κ2) is 64.6. The molecule has 6 heteroatoms. The minimum atomic E-state index is 1.00. The van der Waals surface area contributed by atoms with Gasteiger partial charge in [0.1, 0.15) is 0 Å². The van der Waals surface area contributed by atoms with Crippen molar-refractivity contribution >= 4 is 0 Å². The number of nitrogens with zero attached hydrogens (tertiary/aromatic N) is 2. The topological polar surface area (TPSA) is 96.5 Å². The lowest BCUT2D eigenvalue weighted by Crippen LogP contribution is -1.26. The zero-order valence-electron chi connectivity index (χ0n) is 2.53. The molecule has 0 aromatic heterocycles. The average Bonchev–Trinajstić information content (AvgIpc) is 1.39. The van der Waals surface area contributed by atoms with Crippen molar-refractivity contribution in [3.8, 4) is 0 Å². The second-order valence-corrected chi connectivity index (χ2v) is 0.149. The summed E-state index contributed by atoms with van der Waals surface area (Å²) in [4.78, 5) is 32.0. The van der Waals surface area contributed by atoms with E-state index in [0.717, 1.165) is 10.1 Å². The van der Waals surface area contributed by atoms with Crippen LogP contribution in [0.4, 0.5) is 0 Å². The molecule has 0 saturated heterocycles. The van der Waals surface area contributed by atoms with Crippen molar-refractivity contribution in [1.29, 1.82) is 0 Å². The van der Waals surface area contributed by atoms with E-state index in [1.807, 2.05) is 0 Å². The molecule has 0 spiro atoms. The number of hydrogen-bond acceptors (Lipinski definition) is 4. The van der Waals surface area contributed by atoms with Crippen LogP contribution in [0.5, 0.6) is 0 Å². The van der Waals surface area contributed by atoms with Crippen molar-refractivity contribution in [3.05, 3.63) is 19.6 Å². The summed E-state index contributed by atoms with van der Waals surface area (Å²) in [5.74, 6) is 0. The fourth-order valence-corrected chi connectivity index (χ4v) is 0.